The number of ketones is 1. The molecule has 0 radical (unpaired) electrons. The fourth-order valence-electron chi connectivity index (χ4n) is 2.11. The number of rotatable bonds is 5. The number of pyridine rings is 1. The number of aromatic nitrogens is 4. The average molecular weight is 309 g/mol. The van der Waals surface area contributed by atoms with E-state index in [0.29, 0.717) is 23.6 Å². The van der Waals surface area contributed by atoms with E-state index in [1.807, 2.05) is 18.2 Å². The van der Waals surface area contributed by atoms with Crippen LogP contribution < -0.4 is 5.32 Å². The Kier molecular flexibility index (Phi) is 4.01. The topological polar surface area (TPSA) is 92.7 Å². The molecule has 3 rings (SSSR count). The molecule has 0 bridgehead atoms. The Bertz CT molecular complexity index is 836. The van der Waals surface area contributed by atoms with Crippen molar-refractivity contribution in [1.82, 2.24) is 25.1 Å². The van der Waals surface area contributed by atoms with Gasteiger partial charge in [0.1, 0.15) is 5.69 Å². The summed E-state index contributed by atoms with van der Waals surface area (Å²) in [4.78, 5) is 30.4. The van der Waals surface area contributed by atoms with E-state index in [4.69, 9.17) is 0 Å². The van der Waals surface area contributed by atoms with Gasteiger partial charge >= 0.3 is 0 Å². The van der Waals surface area contributed by atoms with Gasteiger partial charge in [-0.05, 0) is 36.8 Å². The van der Waals surface area contributed by atoms with Gasteiger partial charge in [-0.3, -0.25) is 9.59 Å². The Morgan fingerprint density at radius 3 is 2.87 bits per heavy atom. The Balaban J connectivity index is 1.67. The maximum absolute atomic E-state index is 12.1. The van der Waals surface area contributed by atoms with Crippen LogP contribution in [0.5, 0.6) is 0 Å². The summed E-state index contributed by atoms with van der Waals surface area (Å²) in [6, 6.07) is 7.03. The van der Waals surface area contributed by atoms with E-state index in [1.165, 1.54) is 13.1 Å². The van der Waals surface area contributed by atoms with Crippen LogP contribution in [-0.4, -0.2) is 31.4 Å². The number of Topliss-reactive ketones (excluding diaryl/α,β-unsaturated/α-hetero) is 1. The van der Waals surface area contributed by atoms with Crippen molar-refractivity contribution in [2.45, 2.75) is 13.5 Å². The van der Waals surface area contributed by atoms with Gasteiger partial charge in [0.25, 0.3) is 5.91 Å². The van der Waals surface area contributed by atoms with E-state index >= 15 is 0 Å². The second-order valence-corrected chi connectivity index (χ2v) is 5.01. The number of carbonyl (C=O) groups is 2. The van der Waals surface area contributed by atoms with Crippen LogP contribution in [-0.2, 0) is 6.54 Å². The molecule has 23 heavy (non-hydrogen) atoms. The predicted octanol–water partition coefficient (Wildman–Crippen LogP) is 1.73. The molecule has 3 aromatic heterocycles. The number of hydrogen-bond donors (Lipinski definition) is 2. The number of aromatic amines is 1. The van der Waals surface area contributed by atoms with E-state index in [0.717, 1.165) is 5.56 Å². The molecule has 7 nitrogen and oxygen atoms in total. The monoisotopic (exact) mass is 309 g/mol. The maximum atomic E-state index is 12.1. The Morgan fingerprint density at radius 1 is 1.30 bits per heavy atom. The summed E-state index contributed by atoms with van der Waals surface area (Å²) in [6.07, 6.45) is 6.67. The van der Waals surface area contributed by atoms with E-state index < -0.39 is 0 Å². The van der Waals surface area contributed by atoms with Gasteiger partial charge in [-0.1, -0.05) is 0 Å². The van der Waals surface area contributed by atoms with Gasteiger partial charge in [0.15, 0.2) is 11.6 Å². The molecule has 0 spiro atoms. The molecule has 0 aliphatic rings. The number of H-pyrrole nitrogens is 1. The Labute approximate surface area is 132 Å². The SMILES string of the molecule is CC(=O)c1c[nH]c(C(=O)NCc2ccnc(-n3cccn3)c2)c1. The van der Waals surface area contributed by atoms with Crippen LogP contribution in [0.15, 0.2) is 49.1 Å². The molecular formula is C16H15N5O2. The smallest absolute Gasteiger partial charge is 0.267 e. The number of hydrogen-bond acceptors (Lipinski definition) is 4. The summed E-state index contributed by atoms with van der Waals surface area (Å²) in [5.74, 6) is 0.328. The summed E-state index contributed by atoms with van der Waals surface area (Å²) in [5.41, 5.74) is 1.74. The lowest BCUT2D eigenvalue weighted by Gasteiger charge is -2.06. The first kappa shape index (κ1) is 14.7. The highest BCUT2D eigenvalue weighted by atomic mass is 16.2. The minimum absolute atomic E-state index is 0.0849. The third kappa shape index (κ3) is 3.34. The first-order valence-corrected chi connectivity index (χ1v) is 7.06. The van der Waals surface area contributed by atoms with Crippen molar-refractivity contribution in [3.8, 4) is 5.82 Å². The lowest BCUT2D eigenvalue weighted by molar-refractivity contribution is 0.0946. The van der Waals surface area contributed by atoms with Crippen LogP contribution in [0.2, 0.25) is 0 Å². The molecule has 0 aliphatic heterocycles. The molecule has 7 heteroatoms. The molecule has 2 N–H and O–H groups in total. The molecule has 0 unspecified atom stereocenters. The van der Waals surface area contributed by atoms with Crippen LogP contribution in [0.3, 0.4) is 0 Å². The number of nitrogens with zero attached hydrogens (tertiary/aromatic N) is 3. The summed E-state index contributed by atoms with van der Waals surface area (Å²) >= 11 is 0. The summed E-state index contributed by atoms with van der Waals surface area (Å²) in [5, 5.41) is 6.92. The van der Waals surface area contributed by atoms with E-state index in [-0.39, 0.29) is 11.7 Å². The highest BCUT2D eigenvalue weighted by Gasteiger charge is 2.10. The zero-order chi connectivity index (χ0) is 16.2. The Hall–Kier alpha value is -3.22. The quantitative estimate of drug-likeness (QED) is 0.702. The summed E-state index contributed by atoms with van der Waals surface area (Å²) in [6.45, 7) is 1.81. The average Bonchev–Trinajstić information content (AvgIpc) is 3.24. The molecule has 0 fully saturated rings. The standard InChI is InChI=1S/C16H15N5O2/c1-11(22)13-8-14(18-10-13)16(23)19-9-12-3-5-17-15(7-12)21-6-2-4-20-21/h2-8,10,18H,9H2,1H3,(H,19,23). The van der Waals surface area contributed by atoms with Crippen molar-refractivity contribution in [1.29, 1.82) is 0 Å². The van der Waals surface area contributed by atoms with E-state index in [9.17, 15) is 9.59 Å². The summed E-state index contributed by atoms with van der Waals surface area (Å²) in [7, 11) is 0. The predicted molar refractivity (Wildman–Crippen MR) is 83.3 cm³/mol. The third-order valence-corrected chi connectivity index (χ3v) is 3.34. The van der Waals surface area contributed by atoms with E-state index in [2.05, 4.69) is 20.4 Å². The minimum Gasteiger partial charge on any atom is -0.356 e. The number of amides is 1. The molecule has 116 valence electrons. The van der Waals surface area contributed by atoms with Gasteiger partial charge in [-0.15, -0.1) is 0 Å². The molecule has 0 atom stereocenters. The molecule has 0 aromatic carbocycles. The van der Waals surface area contributed by atoms with E-state index in [1.54, 1.807) is 29.3 Å². The molecule has 3 heterocycles. The molecule has 1 amide bonds. The molecule has 3 aromatic rings. The van der Waals surface area contributed by atoms with Gasteiger partial charge in [-0.2, -0.15) is 5.10 Å². The fourth-order valence-corrected chi connectivity index (χ4v) is 2.11. The number of nitrogens with one attached hydrogen (secondary N) is 2. The Morgan fingerprint density at radius 2 is 2.17 bits per heavy atom. The first-order valence-electron chi connectivity index (χ1n) is 7.06. The van der Waals surface area contributed by atoms with Crippen LogP contribution >= 0.6 is 0 Å². The van der Waals surface area contributed by atoms with Gasteiger partial charge in [0.05, 0.1) is 0 Å². The highest BCUT2D eigenvalue weighted by Crippen LogP contribution is 2.07. The van der Waals surface area contributed by atoms with Crippen molar-refractivity contribution in [2.75, 3.05) is 0 Å². The lowest BCUT2D eigenvalue weighted by Crippen LogP contribution is -2.23. The highest BCUT2D eigenvalue weighted by molar-refractivity contribution is 5.99. The van der Waals surface area contributed by atoms with Crippen molar-refractivity contribution in [2.24, 2.45) is 0 Å². The maximum Gasteiger partial charge on any atom is 0.267 e. The lowest BCUT2D eigenvalue weighted by atomic mass is 10.2. The van der Waals surface area contributed by atoms with Crippen LogP contribution in [0, 0.1) is 0 Å². The molecular weight excluding hydrogens is 294 g/mol. The zero-order valence-electron chi connectivity index (χ0n) is 12.5. The van der Waals surface area contributed by atoms with Crippen LogP contribution in [0.4, 0.5) is 0 Å². The van der Waals surface area contributed by atoms with Crippen LogP contribution in [0.1, 0.15) is 33.3 Å². The molecule has 0 aliphatic carbocycles. The largest absolute Gasteiger partial charge is 0.356 e. The minimum atomic E-state index is -0.269. The van der Waals surface area contributed by atoms with Crippen molar-refractivity contribution in [3.05, 3.63) is 65.9 Å². The third-order valence-electron chi connectivity index (χ3n) is 3.34. The van der Waals surface area contributed by atoms with Gasteiger partial charge in [-0.25, -0.2) is 9.67 Å². The summed E-state index contributed by atoms with van der Waals surface area (Å²) < 4.78 is 1.65. The normalized spacial score (nSPS) is 10.5. The zero-order valence-corrected chi connectivity index (χ0v) is 12.5. The first-order chi connectivity index (χ1) is 11.1. The van der Waals surface area contributed by atoms with Crippen molar-refractivity contribution in [3.63, 3.8) is 0 Å². The second-order valence-electron chi connectivity index (χ2n) is 5.01. The van der Waals surface area contributed by atoms with Crippen molar-refractivity contribution >= 4 is 11.7 Å². The molecule has 0 saturated heterocycles. The van der Waals surface area contributed by atoms with Gasteiger partial charge in [0.2, 0.25) is 0 Å². The van der Waals surface area contributed by atoms with Crippen LogP contribution in [0.25, 0.3) is 5.82 Å². The fraction of sp³-hybridized carbons (Fsp3) is 0.125. The number of carbonyl (C=O) groups excluding carboxylic acids is 2. The molecule has 0 saturated carbocycles. The van der Waals surface area contributed by atoms with Crippen molar-refractivity contribution < 1.29 is 9.59 Å². The second kappa shape index (κ2) is 6.27. The van der Waals surface area contributed by atoms with Gasteiger partial charge in [0, 0.05) is 36.9 Å². The van der Waals surface area contributed by atoms with Gasteiger partial charge < -0.3 is 10.3 Å².